The quantitative estimate of drug-likeness (QED) is 0.229. The second kappa shape index (κ2) is 19.3. The monoisotopic (exact) mass is 501 g/mol. The van der Waals surface area contributed by atoms with Gasteiger partial charge in [-0.05, 0) is 52.9 Å². The Bertz CT molecular complexity index is 1100. The number of hydrogen-bond donors (Lipinski definition) is 1. The van der Waals surface area contributed by atoms with Crippen LogP contribution in [0.3, 0.4) is 0 Å². The Balaban J connectivity index is 0.000000337. The molecule has 1 N–H and O–H groups in total. The molecule has 0 fully saturated rings. The third-order valence-corrected chi connectivity index (χ3v) is 5.06. The number of aldehydes is 1. The van der Waals surface area contributed by atoms with Crippen molar-refractivity contribution in [2.75, 3.05) is 6.61 Å². The lowest BCUT2D eigenvalue weighted by atomic mass is 10.1. The maximum absolute atomic E-state index is 10.3. The summed E-state index contributed by atoms with van der Waals surface area (Å²) >= 11 is 0. The van der Waals surface area contributed by atoms with Crippen molar-refractivity contribution in [1.29, 1.82) is 0 Å². The zero-order valence-corrected chi connectivity index (χ0v) is 20.9. The Kier molecular flexibility index (Phi) is 15.3. The van der Waals surface area contributed by atoms with E-state index in [2.05, 4.69) is 0 Å². The lowest BCUT2D eigenvalue weighted by molar-refractivity contribution is -0.107. The van der Waals surface area contributed by atoms with E-state index in [0.29, 0.717) is 33.0 Å². The molecule has 0 atom stereocenters. The molecule has 4 rings (SSSR count). The van der Waals surface area contributed by atoms with Crippen LogP contribution in [0.15, 0.2) is 109 Å². The molecule has 196 valence electrons. The molecule has 0 saturated carbocycles. The van der Waals surface area contributed by atoms with Crippen molar-refractivity contribution < 1.29 is 20.7 Å². The van der Waals surface area contributed by atoms with E-state index in [0.717, 1.165) is 40.0 Å². The van der Waals surface area contributed by atoms with Gasteiger partial charge in [-0.25, -0.2) is 0 Å². The van der Waals surface area contributed by atoms with Crippen LogP contribution in [0.25, 0.3) is 0 Å². The van der Waals surface area contributed by atoms with Gasteiger partial charge in [0.05, 0.1) is 0 Å². The van der Waals surface area contributed by atoms with Crippen molar-refractivity contribution in [3.63, 3.8) is 0 Å². The van der Waals surface area contributed by atoms with E-state index in [1.54, 1.807) is 6.92 Å². The largest absolute Gasteiger partial charge is 0.489 e. The van der Waals surface area contributed by atoms with Crippen molar-refractivity contribution in [2.24, 2.45) is 0 Å². The number of hydrogen-bond acceptors (Lipinski definition) is 4. The maximum atomic E-state index is 10.3. The van der Waals surface area contributed by atoms with Crippen molar-refractivity contribution >= 4 is 6.29 Å². The molecule has 4 nitrogen and oxygen atoms in total. The summed E-state index contributed by atoms with van der Waals surface area (Å²) in [5, 5.41) is 8.81. The third kappa shape index (κ3) is 12.6. The highest BCUT2D eigenvalue weighted by Gasteiger charge is 1.97. The van der Waals surface area contributed by atoms with Crippen LogP contribution >= 0.6 is 0 Å². The summed E-state index contributed by atoms with van der Waals surface area (Å²) in [6.07, 6.45) is 2.05. The van der Waals surface area contributed by atoms with Crippen LogP contribution in [0.5, 0.6) is 11.5 Å². The topological polar surface area (TPSA) is 55.8 Å². The number of aliphatic hydroxyl groups is 1. The fourth-order valence-corrected chi connectivity index (χ4v) is 3.18. The summed E-state index contributed by atoms with van der Waals surface area (Å²) in [4.78, 5) is 10.3. The maximum Gasteiger partial charge on any atom is 0.124 e. The molecule has 0 aliphatic heterocycles. The van der Waals surface area contributed by atoms with Crippen LogP contribution in [0, 0.1) is 0 Å². The fraction of sp³-hybridized carbons (Fsp3) is 0.242. The molecule has 0 saturated heterocycles. The van der Waals surface area contributed by atoms with Gasteiger partial charge in [0.15, 0.2) is 0 Å². The Morgan fingerprint density at radius 1 is 0.676 bits per heavy atom. The van der Waals surface area contributed by atoms with E-state index in [1.165, 1.54) is 0 Å². The van der Waals surface area contributed by atoms with Gasteiger partial charge in [0, 0.05) is 14.4 Å². The molecule has 0 bridgehead atoms. The molecule has 4 heteroatoms. The molecular formula is C33H40O4. The number of carbonyl (C=O) groups is 1. The molecule has 0 unspecified atom stereocenters. The Hall–Kier alpha value is -3.89. The smallest absolute Gasteiger partial charge is 0.124 e. The molecule has 4 aromatic rings. The zero-order chi connectivity index (χ0) is 26.6. The molecule has 0 radical (unpaired) electrons. The summed E-state index contributed by atoms with van der Waals surface area (Å²) < 4.78 is 17.5. The van der Waals surface area contributed by atoms with Gasteiger partial charge in [-0.1, -0.05) is 106 Å². The van der Waals surface area contributed by atoms with E-state index in [9.17, 15) is 4.79 Å². The number of carbonyl (C=O) groups excluding carboxylic acids is 1. The third-order valence-electron chi connectivity index (χ3n) is 5.06. The van der Waals surface area contributed by atoms with Crippen molar-refractivity contribution in [2.45, 2.75) is 47.3 Å². The Morgan fingerprint density at radius 3 is 1.46 bits per heavy atom. The van der Waals surface area contributed by atoms with Crippen LogP contribution in [0.4, 0.5) is 0 Å². The van der Waals surface area contributed by atoms with Crippen LogP contribution in [0.2, 0.25) is 0 Å². The lowest BCUT2D eigenvalue weighted by Crippen LogP contribution is -1.95. The standard InChI is InChI=1S/C15H16O2.C15H14O2.C2H6.CH4/c2*16-11-10-13-6-8-15(9-7-13)17-12-14-4-2-1-3-5-14;1-2;/h1-9,16H,10-12H2;1-9,11H,10,12H2;1-2H3;1H4/i;;1D;. The van der Waals surface area contributed by atoms with Crippen molar-refractivity contribution in [1.82, 2.24) is 0 Å². The summed E-state index contributed by atoms with van der Waals surface area (Å²) in [7, 11) is 0. The fourth-order valence-electron chi connectivity index (χ4n) is 3.18. The van der Waals surface area contributed by atoms with E-state index in [1.807, 2.05) is 109 Å². The molecule has 0 heterocycles. The van der Waals surface area contributed by atoms with Gasteiger partial charge in [0.1, 0.15) is 31.0 Å². The average molecular weight is 502 g/mol. The molecule has 0 aromatic heterocycles. The summed E-state index contributed by atoms with van der Waals surface area (Å²) in [6, 6.07) is 35.6. The van der Waals surface area contributed by atoms with Gasteiger partial charge >= 0.3 is 0 Å². The SMILES string of the molecule is C.O=CCc1ccc(OCc2ccccc2)cc1.OCCc1ccc(OCc2ccccc2)cc1.[2H]CC. The Morgan fingerprint density at radius 2 is 1.08 bits per heavy atom. The lowest BCUT2D eigenvalue weighted by Gasteiger charge is -2.06. The van der Waals surface area contributed by atoms with Gasteiger partial charge in [0.2, 0.25) is 0 Å². The first-order valence-corrected chi connectivity index (χ1v) is 12.0. The number of aliphatic hydroxyl groups excluding tert-OH is 1. The van der Waals surface area contributed by atoms with E-state index < -0.39 is 0 Å². The predicted octanol–water partition coefficient (Wildman–Crippen LogP) is 7.47. The van der Waals surface area contributed by atoms with Gasteiger partial charge in [-0.3, -0.25) is 0 Å². The molecule has 4 aromatic carbocycles. The number of ether oxygens (including phenoxy) is 2. The first kappa shape index (κ1) is 29.3. The van der Waals surface area contributed by atoms with Crippen LogP contribution in [-0.4, -0.2) is 18.0 Å². The zero-order valence-electron chi connectivity index (χ0n) is 21.9. The predicted molar refractivity (Wildman–Crippen MR) is 153 cm³/mol. The number of benzene rings is 4. The molecule has 0 aliphatic rings. The first-order valence-electron chi connectivity index (χ1n) is 12.7. The van der Waals surface area contributed by atoms with Crippen LogP contribution in [0.1, 0.15) is 44.9 Å². The number of rotatable bonds is 10. The average Bonchev–Trinajstić information content (AvgIpc) is 2.95. The van der Waals surface area contributed by atoms with Crippen molar-refractivity contribution in [3.05, 3.63) is 131 Å². The van der Waals surface area contributed by atoms with Crippen molar-refractivity contribution in [3.8, 4) is 11.5 Å². The molecule has 37 heavy (non-hydrogen) atoms. The normalized spacial score (nSPS) is 9.73. The van der Waals surface area contributed by atoms with Gasteiger partial charge in [0.25, 0.3) is 0 Å². The summed E-state index contributed by atoms with van der Waals surface area (Å²) in [6.45, 7) is 3.62. The highest BCUT2D eigenvalue weighted by atomic mass is 16.5. The second-order valence-electron chi connectivity index (χ2n) is 7.68. The highest BCUT2D eigenvalue weighted by Crippen LogP contribution is 2.15. The van der Waals surface area contributed by atoms with Gasteiger partial charge in [-0.2, -0.15) is 0 Å². The summed E-state index contributed by atoms with van der Waals surface area (Å²) in [5.74, 6) is 1.68. The van der Waals surface area contributed by atoms with Crippen LogP contribution in [-0.2, 0) is 30.8 Å². The Labute approximate surface area is 223 Å². The molecule has 0 aliphatic carbocycles. The molecular weight excluding hydrogens is 460 g/mol. The molecule has 0 amide bonds. The summed E-state index contributed by atoms with van der Waals surface area (Å²) in [5.41, 5.74) is 4.43. The van der Waals surface area contributed by atoms with Gasteiger partial charge in [-0.15, -0.1) is 0 Å². The first-order chi connectivity index (χ1) is 18.2. The van der Waals surface area contributed by atoms with Crippen LogP contribution < -0.4 is 9.47 Å². The minimum atomic E-state index is 0. The van der Waals surface area contributed by atoms with Gasteiger partial charge < -0.3 is 19.4 Å². The minimum absolute atomic E-state index is 0. The van der Waals surface area contributed by atoms with E-state index in [-0.39, 0.29) is 14.0 Å². The minimum Gasteiger partial charge on any atom is -0.489 e. The molecule has 0 spiro atoms. The van der Waals surface area contributed by atoms with E-state index >= 15 is 0 Å². The van der Waals surface area contributed by atoms with E-state index in [4.69, 9.17) is 16.0 Å². The highest BCUT2D eigenvalue weighted by molar-refractivity contribution is 5.55. The second-order valence-corrected chi connectivity index (χ2v) is 7.68.